The second-order valence-electron chi connectivity index (χ2n) is 6.34. The summed E-state index contributed by atoms with van der Waals surface area (Å²) < 4.78 is 1.27. The molecule has 3 heterocycles. The average Bonchev–Trinajstić information content (AvgIpc) is 3.11. The molecule has 0 unspecified atom stereocenters. The Balaban J connectivity index is 1.48. The van der Waals surface area contributed by atoms with Crippen molar-refractivity contribution in [2.45, 2.75) is 19.3 Å². The Morgan fingerprint density at radius 2 is 1.92 bits per heavy atom. The Bertz CT molecular complexity index is 872. The zero-order valence-corrected chi connectivity index (χ0v) is 14.8. The van der Waals surface area contributed by atoms with Crippen LogP contribution >= 0.6 is 11.3 Å². The molecule has 3 nitrogen and oxygen atoms in total. The van der Waals surface area contributed by atoms with Crippen molar-refractivity contribution in [2.24, 2.45) is 0 Å². The van der Waals surface area contributed by atoms with Gasteiger partial charge in [-0.25, -0.2) is 0 Å². The second kappa shape index (κ2) is 7.19. The summed E-state index contributed by atoms with van der Waals surface area (Å²) in [7, 11) is 0. The summed E-state index contributed by atoms with van der Waals surface area (Å²) >= 11 is 1.75. The van der Waals surface area contributed by atoms with Crippen LogP contribution in [0, 0.1) is 0 Å². The fraction of sp³-hybridized carbons (Fsp3) is 0.238. The van der Waals surface area contributed by atoms with Gasteiger partial charge in [-0.15, -0.1) is 11.3 Å². The molecule has 0 saturated carbocycles. The van der Waals surface area contributed by atoms with Gasteiger partial charge in [-0.2, -0.15) is 0 Å². The number of nitrogens with zero attached hydrogens (tertiary/aromatic N) is 2. The van der Waals surface area contributed by atoms with E-state index in [2.05, 4.69) is 35.3 Å². The number of likely N-dealkylation sites (tertiary alicyclic amines) is 1. The predicted octanol–water partition coefficient (Wildman–Crippen LogP) is 4.99. The van der Waals surface area contributed by atoms with Gasteiger partial charge >= 0.3 is 0 Å². The standard InChI is InChI=1S/C21H20N2OS/c24-21(23-12-4-1-5-13-23)11-9-16-8-10-18(22-15-16)20-14-17-6-2-3-7-19(17)25-20/h2-3,6-11,14-15H,1,4-5,12-13H2. The van der Waals surface area contributed by atoms with E-state index in [0.29, 0.717) is 0 Å². The van der Waals surface area contributed by atoms with Crippen molar-refractivity contribution < 1.29 is 4.79 Å². The minimum Gasteiger partial charge on any atom is -0.339 e. The molecular weight excluding hydrogens is 328 g/mol. The molecule has 0 atom stereocenters. The number of pyridine rings is 1. The fourth-order valence-electron chi connectivity index (χ4n) is 3.14. The zero-order chi connectivity index (χ0) is 17.1. The number of hydrogen-bond acceptors (Lipinski definition) is 3. The van der Waals surface area contributed by atoms with Gasteiger partial charge in [-0.3, -0.25) is 9.78 Å². The molecular formula is C21H20N2OS. The second-order valence-corrected chi connectivity index (χ2v) is 7.43. The number of hydrogen-bond donors (Lipinski definition) is 0. The number of amides is 1. The molecule has 2 aromatic heterocycles. The molecule has 4 rings (SSSR count). The molecule has 126 valence electrons. The van der Waals surface area contributed by atoms with Crippen molar-refractivity contribution in [2.75, 3.05) is 13.1 Å². The van der Waals surface area contributed by atoms with E-state index in [1.54, 1.807) is 17.4 Å². The SMILES string of the molecule is O=C(C=Cc1ccc(-c2cc3ccccc3s2)nc1)N1CCCCC1. The monoisotopic (exact) mass is 348 g/mol. The van der Waals surface area contributed by atoms with Gasteiger partial charge in [0, 0.05) is 30.1 Å². The maximum atomic E-state index is 12.2. The van der Waals surface area contributed by atoms with E-state index in [1.807, 2.05) is 29.3 Å². The molecule has 4 heteroatoms. The number of thiophene rings is 1. The van der Waals surface area contributed by atoms with Crippen LogP contribution in [0.25, 0.3) is 26.7 Å². The number of aromatic nitrogens is 1. The summed E-state index contributed by atoms with van der Waals surface area (Å²) in [5.74, 6) is 0.105. The van der Waals surface area contributed by atoms with E-state index in [9.17, 15) is 4.79 Å². The summed E-state index contributed by atoms with van der Waals surface area (Å²) in [6.07, 6.45) is 8.83. The third-order valence-corrected chi connectivity index (χ3v) is 5.69. The van der Waals surface area contributed by atoms with Gasteiger partial charge < -0.3 is 4.90 Å². The smallest absolute Gasteiger partial charge is 0.246 e. The Kier molecular flexibility index (Phi) is 4.61. The van der Waals surface area contributed by atoms with Gasteiger partial charge in [-0.05, 0) is 54.5 Å². The normalized spacial score (nSPS) is 15.1. The minimum absolute atomic E-state index is 0.105. The third kappa shape index (κ3) is 3.64. The third-order valence-electron chi connectivity index (χ3n) is 4.55. The Hall–Kier alpha value is -2.46. The van der Waals surface area contributed by atoms with Crippen LogP contribution < -0.4 is 0 Å². The van der Waals surface area contributed by atoms with E-state index in [4.69, 9.17) is 0 Å². The van der Waals surface area contributed by atoms with Crippen molar-refractivity contribution >= 4 is 33.4 Å². The molecule has 1 saturated heterocycles. The molecule has 3 aromatic rings. The van der Waals surface area contributed by atoms with Crippen molar-refractivity contribution in [3.63, 3.8) is 0 Å². The highest BCUT2D eigenvalue weighted by Gasteiger charge is 2.13. The first-order valence-electron chi connectivity index (χ1n) is 8.71. The number of piperidine rings is 1. The average molecular weight is 348 g/mol. The van der Waals surface area contributed by atoms with Crippen LogP contribution in [-0.4, -0.2) is 28.9 Å². The van der Waals surface area contributed by atoms with Crippen LogP contribution in [0.15, 0.2) is 54.7 Å². The molecule has 1 fully saturated rings. The van der Waals surface area contributed by atoms with E-state index in [-0.39, 0.29) is 5.91 Å². The first-order chi connectivity index (χ1) is 12.3. The molecule has 0 spiro atoms. The quantitative estimate of drug-likeness (QED) is 0.625. The molecule has 1 aliphatic rings. The molecule has 25 heavy (non-hydrogen) atoms. The lowest BCUT2D eigenvalue weighted by molar-refractivity contribution is -0.126. The van der Waals surface area contributed by atoms with Gasteiger partial charge in [0.25, 0.3) is 0 Å². The van der Waals surface area contributed by atoms with Crippen LogP contribution in [0.3, 0.4) is 0 Å². The summed E-state index contributed by atoms with van der Waals surface area (Å²) in [5, 5.41) is 1.25. The van der Waals surface area contributed by atoms with E-state index >= 15 is 0 Å². The predicted molar refractivity (Wildman–Crippen MR) is 105 cm³/mol. The van der Waals surface area contributed by atoms with Gasteiger partial charge in [0.15, 0.2) is 0 Å². The van der Waals surface area contributed by atoms with Crippen molar-refractivity contribution in [1.82, 2.24) is 9.88 Å². The summed E-state index contributed by atoms with van der Waals surface area (Å²) in [5.41, 5.74) is 1.93. The molecule has 1 aromatic carbocycles. The highest BCUT2D eigenvalue weighted by molar-refractivity contribution is 7.22. The van der Waals surface area contributed by atoms with Crippen LogP contribution in [0.1, 0.15) is 24.8 Å². The van der Waals surface area contributed by atoms with E-state index < -0.39 is 0 Å². The first-order valence-corrected chi connectivity index (χ1v) is 9.53. The first kappa shape index (κ1) is 16.0. The lowest BCUT2D eigenvalue weighted by atomic mass is 10.1. The minimum atomic E-state index is 0.105. The van der Waals surface area contributed by atoms with Crippen LogP contribution in [-0.2, 0) is 4.79 Å². The number of carbonyl (C=O) groups is 1. The van der Waals surface area contributed by atoms with Crippen molar-refractivity contribution in [1.29, 1.82) is 0 Å². The van der Waals surface area contributed by atoms with Gasteiger partial charge in [-0.1, -0.05) is 24.3 Å². The highest BCUT2D eigenvalue weighted by Crippen LogP contribution is 2.32. The molecule has 0 aliphatic carbocycles. The van der Waals surface area contributed by atoms with Crippen LogP contribution in [0.5, 0.6) is 0 Å². The Labute approximate surface area is 151 Å². The zero-order valence-electron chi connectivity index (χ0n) is 14.0. The highest BCUT2D eigenvalue weighted by atomic mass is 32.1. The molecule has 0 bridgehead atoms. The summed E-state index contributed by atoms with van der Waals surface area (Å²) in [6.45, 7) is 1.76. The molecule has 0 N–H and O–H groups in total. The number of rotatable bonds is 3. The Morgan fingerprint density at radius 1 is 1.08 bits per heavy atom. The number of benzene rings is 1. The lowest BCUT2D eigenvalue weighted by Crippen LogP contribution is -2.34. The lowest BCUT2D eigenvalue weighted by Gasteiger charge is -2.25. The van der Waals surface area contributed by atoms with Crippen LogP contribution in [0.2, 0.25) is 0 Å². The van der Waals surface area contributed by atoms with Gasteiger partial charge in [0.1, 0.15) is 0 Å². The van der Waals surface area contributed by atoms with E-state index in [1.165, 1.54) is 21.4 Å². The molecule has 0 radical (unpaired) electrons. The largest absolute Gasteiger partial charge is 0.339 e. The van der Waals surface area contributed by atoms with Gasteiger partial charge in [0.2, 0.25) is 5.91 Å². The topological polar surface area (TPSA) is 33.2 Å². The summed E-state index contributed by atoms with van der Waals surface area (Å²) in [4.78, 5) is 19.8. The maximum absolute atomic E-state index is 12.2. The fourth-order valence-corrected chi connectivity index (χ4v) is 4.18. The van der Waals surface area contributed by atoms with Crippen LogP contribution in [0.4, 0.5) is 0 Å². The van der Waals surface area contributed by atoms with E-state index in [0.717, 1.165) is 37.2 Å². The van der Waals surface area contributed by atoms with Gasteiger partial charge in [0.05, 0.1) is 10.6 Å². The van der Waals surface area contributed by atoms with Crippen molar-refractivity contribution in [3.8, 4) is 10.6 Å². The number of fused-ring (bicyclic) bond motifs is 1. The van der Waals surface area contributed by atoms with Crippen molar-refractivity contribution in [3.05, 3.63) is 60.3 Å². The number of carbonyl (C=O) groups excluding carboxylic acids is 1. The maximum Gasteiger partial charge on any atom is 0.246 e. The Morgan fingerprint density at radius 3 is 2.68 bits per heavy atom. The molecule has 1 amide bonds. The molecule has 1 aliphatic heterocycles. The summed E-state index contributed by atoms with van der Waals surface area (Å²) in [6, 6.07) is 14.6.